The van der Waals surface area contributed by atoms with E-state index >= 15 is 0 Å². The molecule has 1 aliphatic rings. The molecule has 7 nitrogen and oxygen atoms in total. The molecule has 7 heteroatoms. The van der Waals surface area contributed by atoms with E-state index in [-0.39, 0.29) is 23.8 Å². The summed E-state index contributed by atoms with van der Waals surface area (Å²) in [5.41, 5.74) is 3.68. The molecule has 2 unspecified atom stereocenters. The Labute approximate surface area is 233 Å². The summed E-state index contributed by atoms with van der Waals surface area (Å²) in [5, 5.41) is 5.98. The molecule has 0 aliphatic heterocycles. The Morgan fingerprint density at radius 2 is 1.54 bits per heavy atom. The number of amides is 3. The topological polar surface area (TPSA) is 87.7 Å². The first-order chi connectivity index (χ1) is 18.3. The maximum Gasteiger partial charge on any atom is 0.408 e. The third-order valence-corrected chi connectivity index (χ3v) is 7.16. The maximum absolute atomic E-state index is 14.4. The Balaban J connectivity index is 2.06. The van der Waals surface area contributed by atoms with Crippen LogP contribution in [0.5, 0.6) is 0 Å². The van der Waals surface area contributed by atoms with Crippen LogP contribution in [0.4, 0.5) is 10.5 Å². The van der Waals surface area contributed by atoms with E-state index in [1.165, 1.54) is 0 Å². The van der Waals surface area contributed by atoms with Gasteiger partial charge in [-0.05, 0) is 95.4 Å². The van der Waals surface area contributed by atoms with E-state index in [4.69, 9.17) is 4.74 Å². The monoisotopic (exact) mass is 535 g/mol. The van der Waals surface area contributed by atoms with Gasteiger partial charge in [0.25, 0.3) is 5.91 Å². The summed E-state index contributed by atoms with van der Waals surface area (Å²) < 4.78 is 5.50. The van der Waals surface area contributed by atoms with E-state index < -0.39 is 23.8 Å². The van der Waals surface area contributed by atoms with Crippen molar-refractivity contribution in [2.24, 2.45) is 5.92 Å². The van der Waals surface area contributed by atoms with Crippen molar-refractivity contribution in [3.63, 3.8) is 0 Å². The number of para-hydroxylation sites is 1. The Kier molecular flexibility index (Phi) is 9.81. The summed E-state index contributed by atoms with van der Waals surface area (Å²) in [6.45, 7) is 15.3. The number of carbonyl (C=O) groups is 3. The zero-order valence-corrected chi connectivity index (χ0v) is 24.8. The zero-order valence-electron chi connectivity index (χ0n) is 24.8. The first-order valence-corrected chi connectivity index (χ1v) is 14.0. The smallest absolute Gasteiger partial charge is 0.408 e. The summed E-state index contributed by atoms with van der Waals surface area (Å²) in [6.07, 6.45) is 2.40. The summed E-state index contributed by atoms with van der Waals surface area (Å²) in [7, 11) is 0. The standard InChI is InChI=1S/C32H45N3O4/c1-20(2)19-26(33-31(38)39-32(6,7)8)30(37)35(24-16-12-17-24)28(25-18-10-9-13-21(25)3)29(36)34-27-22(4)14-11-15-23(27)5/h9-11,13-15,18,20,24,26,28H,12,16-17,19H2,1-8H3,(H,33,38)(H,34,36). The van der Waals surface area contributed by atoms with E-state index in [0.29, 0.717) is 6.42 Å². The number of anilines is 1. The highest BCUT2D eigenvalue weighted by atomic mass is 16.6. The molecule has 212 valence electrons. The second-order valence-corrected chi connectivity index (χ2v) is 12.2. The summed E-state index contributed by atoms with van der Waals surface area (Å²) >= 11 is 0. The maximum atomic E-state index is 14.4. The van der Waals surface area contributed by atoms with Crippen LogP contribution in [-0.2, 0) is 14.3 Å². The minimum atomic E-state index is -0.849. The zero-order chi connectivity index (χ0) is 28.9. The van der Waals surface area contributed by atoms with Gasteiger partial charge in [-0.1, -0.05) is 56.3 Å². The number of hydrogen-bond acceptors (Lipinski definition) is 4. The molecule has 1 saturated carbocycles. The van der Waals surface area contributed by atoms with Crippen molar-refractivity contribution in [1.82, 2.24) is 10.2 Å². The molecule has 1 fully saturated rings. The van der Waals surface area contributed by atoms with Crippen molar-refractivity contribution in [3.8, 4) is 0 Å². The van der Waals surface area contributed by atoms with E-state index in [9.17, 15) is 14.4 Å². The third-order valence-electron chi connectivity index (χ3n) is 7.16. The van der Waals surface area contributed by atoms with Gasteiger partial charge < -0.3 is 20.3 Å². The molecule has 0 spiro atoms. The average molecular weight is 536 g/mol. The molecular weight excluding hydrogens is 490 g/mol. The lowest BCUT2D eigenvalue weighted by Crippen LogP contribution is -2.57. The van der Waals surface area contributed by atoms with Gasteiger partial charge in [0.15, 0.2) is 0 Å². The molecule has 0 saturated heterocycles. The van der Waals surface area contributed by atoms with Gasteiger partial charge in [0.2, 0.25) is 5.91 Å². The molecule has 3 rings (SSSR count). The van der Waals surface area contributed by atoms with Gasteiger partial charge in [-0.15, -0.1) is 0 Å². The predicted molar refractivity (Wildman–Crippen MR) is 156 cm³/mol. The van der Waals surface area contributed by atoms with Crippen LogP contribution in [0.15, 0.2) is 42.5 Å². The predicted octanol–water partition coefficient (Wildman–Crippen LogP) is 6.61. The van der Waals surface area contributed by atoms with Gasteiger partial charge >= 0.3 is 6.09 Å². The molecule has 0 heterocycles. The molecule has 0 radical (unpaired) electrons. The Morgan fingerprint density at radius 3 is 2.05 bits per heavy atom. The number of nitrogens with one attached hydrogen (secondary N) is 2. The lowest BCUT2D eigenvalue weighted by atomic mass is 9.86. The fourth-order valence-corrected chi connectivity index (χ4v) is 5.02. The molecule has 2 N–H and O–H groups in total. The molecule has 1 aliphatic carbocycles. The molecule has 2 aromatic rings. The first-order valence-electron chi connectivity index (χ1n) is 14.0. The number of aryl methyl sites for hydroxylation is 3. The number of hydrogen-bond donors (Lipinski definition) is 2. The lowest BCUT2D eigenvalue weighted by Gasteiger charge is -2.44. The number of carbonyl (C=O) groups excluding carboxylic acids is 3. The first kappa shape index (κ1) is 30.2. The van der Waals surface area contributed by atoms with Crippen LogP contribution in [0.1, 0.15) is 88.6 Å². The van der Waals surface area contributed by atoms with Gasteiger partial charge in [0.1, 0.15) is 17.7 Å². The molecular formula is C32H45N3O4. The number of nitrogens with zero attached hydrogens (tertiary/aromatic N) is 1. The van der Waals surface area contributed by atoms with Crippen LogP contribution in [0.2, 0.25) is 0 Å². The normalized spacial score (nSPS) is 15.2. The molecule has 39 heavy (non-hydrogen) atoms. The van der Waals surface area contributed by atoms with Crippen LogP contribution in [-0.4, -0.2) is 40.5 Å². The van der Waals surface area contributed by atoms with E-state index in [1.807, 2.05) is 77.1 Å². The van der Waals surface area contributed by atoms with Crippen LogP contribution >= 0.6 is 0 Å². The highest BCUT2D eigenvalue weighted by molar-refractivity contribution is 6.00. The fourth-order valence-electron chi connectivity index (χ4n) is 5.02. The van der Waals surface area contributed by atoms with Gasteiger partial charge in [-0.25, -0.2) is 4.79 Å². The molecule has 0 bridgehead atoms. The number of ether oxygens (including phenoxy) is 1. The second-order valence-electron chi connectivity index (χ2n) is 12.2. The van der Waals surface area contributed by atoms with Crippen LogP contribution in [0.3, 0.4) is 0 Å². The van der Waals surface area contributed by atoms with Crippen LogP contribution < -0.4 is 10.6 Å². The summed E-state index contributed by atoms with van der Waals surface area (Å²) in [4.78, 5) is 43.1. The molecule has 0 aromatic heterocycles. The SMILES string of the molecule is Cc1ccccc1C(C(=O)Nc1c(C)cccc1C)N(C(=O)C(CC(C)C)NC(=O)OC(C)(C)C)C1CCC1. The molecule has 2 aromatic carbocycles. The minimum absolute atomic E-state index is 0.0964. The summed E-state index contributed by atoms with van der Waals surface area (Å²) in [6, 6.07) is 11.8. The van der Waals surface area contributed by atoms with Crippen molar-refractivity contribution in [2.45, 2.75) is 105 Å². The molecule has 3 amide bonds. The number of alkyl carbamates (subject to hydrolysis) is 1. The third kappa shape index (κ3) is 7.84. The Hall–Kier alpha value is -3.35. The highest BCUT2D eigenvalue weighted by Crippen LogP contribution is 2.36. The Morgan fingerprint density at radius 1 is 0.949 bits per heavy atom. The van der Waals surface area contributed by atoms with Gasteiger partial charge in [-0.2, -0.15) is 0 Å². The van der Waals surface area contributed by atoms with E-state index in [0.717, 1.165) is 47.2 Å². The average Bonchev–Trinajstić information content (AvgIpc) is 2.78. The largest absolute Gasteiger partial charge is 0.444 e. The lowest BCUT2D eigenvalue weighted by molar-refractivity contribution is -0.146. The number of benzene rings is 2. The van der Waals surface area contributed by atoms with E-state index in [1.54, 1.807) is 25.7 Å². The van der Waals surface area contributed by atoms with Crippen molar-refractivity contribution < 1.29 is 19.1 Å². The van der Waals surface area contributed by atoms with Crippen molar-refractivity contribution in [3.05, 3.63) is 64.7 Å². The van der Waals surface area contributed by atoms with E-state index in [2.05, 4.69) is 10.6 Å². The van der Waals surface area contributed by atoms with Gasteiger partial charge in [0, 0.05) is 11.7 Å². The minimum Gasteiger partial charge on any atom is -0.444 e. The quantitative estimate of drug-likeness (QED) is 0.378. The van der Waals surface area contributed by atoms with Crippen LogP contribution in [0, 0.1) is 26.7 Å². The van der Waals surface area contributed by atoms with Crippen molar-refractivity contribution in [2.75, 3.05) is 5.32 Å². The van der Waals surface area contributed by atoms with Gasteiger partial charge in [-0.3, -0.25) is 9.59 Å². The van der Waals surface area contributed by atoms with Crippen LogP contribution in [0.25, 0.3) is 0 Å². The fraction of sp³-hybridized carbons (Fsp3) is 0.531. The second kappa shape index (κ2) is 12.7. The number of rotatable bonds is 9. The summed E-state index contributed by atoms with van der Waals surface area (Å²) in [5.74, 6) is -0.385. The van der Waals surface area contributed by atoms with Gasteiger partial charge in [0.05, 0.1) is 0 Å². The van der Waals surface area contributed by atoms with Crippen molar-refractivity contribution >= 4 is 23.6 Å². The highest BCUT2D eigenvalue weighted by Gasteiger charge is 2.42. The van der Waals surface area contributed by atoms with Crippen molar-refractivity contribution in [1.29, 1.82) is 0 Å². The molecule has 2 atom stereocenters. The Bertz CT molecular complexity index is 1160.